The quantitative estimate of drug-likeness (QED) is 0.707. The summed E-state index contributed by atoms with van der Waals surface area (Å²) in [6.45, 7) is 4.78. The number of nitrogens with one attached hydrogen (secondary N) is 1. The summed E-state index contributed by atoms with van der Waals surface area (Å²) in [7, 11) is 0. The standard InChI is InChI=1S/C19H22ClNO4/c1-3-24-18-10-14(11-21-13(2)19(22)23)8-9-17(18)25-12-15-6-4-5-7-16(15)20/h4-10,13,21H,3,11-12H2,1-2H3,(H,22,23). The number of halogens is 1. The molecule has 1 unspecified atom stereocenters. The second-order valence-corrected chi connectivity index (χ2v) is 5.94. The topological polar surface area (TPSA) is 67.8 Å². The molecule has 0 aromatic heterocycles. The predicted octanol–water partition coefficient (Wildman–Crippen LogP) is 3.88. The smallest absolute Gasteiger partial charge is 0.320 e. The zero-order chi connectivity index (χ0) is 18.2. The van der Waals surface area contributed by atoms with Crippen LogP contribution in [0.2, 0.25) is 5.02 Å². The van der Waals surface area contributed by atoms with Gasteiger partial charge in [0.2, 0.25) is 0 Å². The fraction of sp³-hybridized carbons (Fsp3) is 0.316. The summed E-state index contributed by atoms with van der Waals surface area (Å²) in [4.78, 5) is 10.9. The van der Waals surface area contributed by atoms with Gasteiger partial charge < -0.3 is 19.9 Å². The van der Waals surface area contributed by atoms with E-state index in [2.05, 4.69) is 5.32 Å². The highest BCUT2D eigenvalue weighted by molar-refractivity contribution is 6.31. The van der Waals surface area contributed by atoms with Crippen molar-refractivity contribution in [3.8, 4) is 11.5 Å². The largest absolute Gasteiger partial charge is 0.490 e. The first-order chi connectivity index (χ1) is 12.0. The first-order valence-corrected chi connectivity index (χ1v) is 8.47. The lowest BCUT2D eigenvalue weighted by Gasteiger charge is -2.15. The Morgan fingerprint density at radius 1 is 1.20 bits per heavy atom. The Morgan fingerprint density at radius 3 is 2.64 bits per heavy atom. The Morgan fingerprint density at radius 2 is 1.96 bits per heavy atom. The van der Waals surface area contributed by atoms with Crippen LogP contribution in [0.3, 0.4) is 0 Å². The van der Waals surface area contributed by atoms with Crippen molar-refractivity contribution in [2.75, 3.05) is 6.61 Å². The van der Waals surface area contributed by atoms with E-state index >= 15 is 0 Å². The van der Waals surface area contributed by atoms with Crippen molar-refractivity contribution in [1.82, 2.24) is 5.32 Å². The molecule has 0 aliphatic rings. The van der Waals surface area contributed by atoms with E-state index in [0.717, 1.165) is 11.1 Å². The molecule has 0 spiro atoms. The van der Waals surface area contributed by atoms with Gasteiger partial charge >= 0.3 is 5.97 Å². The van der Waals surface area contributed by atoms with Gasteiger partial charge in [-0.25, -0.2) is 0 Å². The molecule has 5 nitrogen and oxygen atoms in total. The van der Waals surface area contributed by atoms with Crippen LogP contribution >= 0.6 is 11.6 Å². The minimum atomic E-state index is -0.885. The molecule has 0 aliphatic carbocycles. The van der Waals surface area contributed by atoms with E-state index in [9.17, 15) is 4.79 Å². The summed E-state index contributed by atoms with van der Waals surface area (Å²) in [5.74, 6) is 0.360. The lowest BCUT2D eigenvalue weighted by atomic mass is 10.2. The molecule has 0 radical (unpaired) electrons. The highest BCUT2D eigenvalue weighted by Crippen LogP contribution is 2.30. The number of ether oxygens (including phenoxy) is 2. The van der Waals surface area contributed by atoms with E-state index in [4.69, 9.17) is 26.2 Å². The molecule has 1 atom stereocenters. The van der Waals surface area contributed by atoms with E-state index in [0.29, 0.717) is 36.3 Å². The molecule has 2 N–H and O–H groups in total. The minimum Gasteiger partial charge on any atom is -0.490 e. The van der Waals surface area contributed by atoms with Crippen LogP contribution in [0.15, 0.2) is 42.5 Å². The molecular weight excluding hydrogens is 342 g/mol. The summed E-state index contributed by atoms with van der Waals surface area (Å²) >= 11 is 6.15. The minimum absolute atomic E-state index is 0.341. The number of carboxylic acids is 1. The van der Waals surface area contributed by atoms with E-state index in [-0.39, 0.29) is 0 Å². The van der Waals surface area contributed by atoms with Crippen molar-refractivity contribution in [2.24, 2.45) is 0 Å². The van der Waals surface area contributed by atoms with Gasteiger partial charge in [-0.2, -0.15) is 0 Å². The van der Waals surface area contributed by atoms with Gasteiger partial charge in [-0.1, -0.05) is 35.9 Å². The fourth-order valence-electron chi connectivity index (χ4n) is 2.18. The van der Waals surface area contributed by atoms with E-state index < -0.39 is 12.0 Å². The number of carboxylic acid groups (broad SMARTS) is 1. The molecule has 6 heteroatoms. The third-order valence-corrected chi connectivity index (χ3v) is 4.00. The van der Waals surface area contributed by atoms with Crippen molar-refractivity contribution >= 4 is 17.6 Å². The monoisotopic (exact) mass is 363 g/mol. The second kappa shape index (κ2) is 9.30. The third kappa shape index (κ3) is 5.66. The van der Waals surface area contributed by atoms with Crippen LogP contribution in [0.5, 0.6) is 11.5 Å². The molecule has 2 aromatic carbocycles. The average molecular weight is 364 g/mol. The van der Waals surface area contributed by atoms with Crippen LogP contribution in [0.1, 0.15) is 25.0 Å². The molecular formula is C19H22ClNO4. The van der Waals surface area contributed by atoms with Gasteiger partial charge in [0.1, 0.15) is 12.6 Å². The zero-order valence-corrected chi connectivity index (χ0v) is 15.0. The molecule has 2 rings (SSSR count). The van der Waals surface area contributed by atoms with Gasteiger partial charge in [-0.15, -0.1) is 0 Å². The summed E-state index contributed by atoms with van der Waals surface area (Å²) in [5.41, 5.74) is 1.81. The van der Waals surface area contributed by atoms with Crippen LogP contribution < -0.4 is 14.8 Å². The van der Waals surface area contributed by atoms with Crippen LogP contribution in [0, 0.1) is 0 Å². The number of hydrogen-bond donors (Lipinski definition) is 2. The molecule has 25 heavy (non-hydrogen) atoms. The number of aliphatic carboxylic acids is 1. The molecule has 2 aromatic rings. The Bertz CT molecular complexity index is 720. The highest BCUT2D eigenvalue weighted by atomic mass is 35.5. The maximum atomic E-state index is 10.9. The Kier molecular flexibility index (Phi) is 7.10. The maximum Gasteiger partial charge on any atom is 0.320 e. The average Bonchev–Trinajstić information content (AvgIpc) is 2.60. The molecule has 134 valence electrons. The third-order valence-electron chi connectivity index (χ3n) is 3.63. The molecule has 0 heterocycles. The van der Waals surface area contributed by atoms with Crippen molar-refractivity contribution in [2.45, 2.75) is 33.0 Å². The number of benzene rings is 2. The number of rotatable bonds is 9. The first-order valence-electron chi connectivity index (χ1n) is 8.09. The summed E-state index contributed by atoms with van der Waals surface area (Å²) in [6.07, 6.45) is 0. The van der Waals surface area contributed by atoms with Crippen LogP contribution in [0.25, 0.3) is 0 Å². The molecule has 0 fully saturated rings. The van der Waals surface area contributed by atoms with Crippen LogP contribution in [-0.4, -0.2) is 23.7 Å². The summed E-state index contributed by atoms with van der Waals surface area (Å²) < 4.78 is 11.5. The zero-order valence-electron chi connectivity index (χ0n) is 14.3. The molecule has 0 aliphatic heterocycles. The van der Waals surface area contributed by atoms with Gasteiger partial charge in [0.05, 0.1) is 6.61 Å². The van der Waals surface area contributed by atoms with Gasteiger partial charge in [-0.05, 0) is 37.6 Å². The highest BCUT2D eigenvalue weighted by Gasteiger charge is 2.12. The van der Waals surface area contributed by atoms with Crippen molar-refractivity contribution in [3.05, 3.63) is 58.6 Å². The van der Waals surface area contributed by atoms with Gasteiger partial charge in [-0.3, -0.25) is 4.79 Å². The molecule has 0 saturated carbocycles. The summed E-state index contributed by atoms with van der Waals surface area (Å²) in [6, 6.07) is 12.5. The Balaban J connectivity index is 2.07. The van der Waals surface area contributed by atoms with E-state index in [1.807, 2.05) is 49.4 Å². The predicted molar refractivity (Wildman–Crippen MR) is 97.3 cm³/mol. The Hall–Kier alpha value is -2.24. The van der Waals surface area contributed by atoms with Crippen LogP contribution in [0.4, 0.5) is 0 Å². The molecule has 0 saturated heterocycles. The van der Waals surface area contributed by atoms with E-state index in [1.165, 1.54) is 0 Å². The Labute approximate surface area is 152 Å². The van der Waals surface area contributed by atoms with Crippen LogP contribution in [-0.2, 0) is 17.9 Å². The second-order valence-electron chi connectivity index (χ2n) is 5.54. The lowest BCUT2D eigenvalue weighted by molar-refractivity contribution is -0.139. The normalized spacial score (nSPS) is 11.8. The summed E-state index contributed by atoms with van der Waals surface area (Å²) in [5, 5.41) is 12.5. The van der Waals surface area contributed by atoms with E-state index in [1.54, 1.807) is 6.92 Å². The van der Waals surface area contributed by atoms with Crippen molar-refractivity contribution in [3.63, 3.8) is 0 Å². The lowest BCUT2D eigenvalue weighted by Crippen LogP contribution is -2.33. The van der Waals surface area contributed by atoms with Gasteiger partial charge in [0.15, 0.2) is 11.5 Å². The number of hydrogen-bond acceptors (Lipinski definition) is 4. The van der Waals surface area contributed by atoms with Gasteiger partial charge in [0, 0.05) is 17.1 Å². The molecule has 0 bridgehead atoms. The van der Waals surface area contributed by atoms with Crippen molar-refractivity contribution in [1.29, 1.82) is 0 Å². The van der Waals surface area contributed by atoms with Gasteiger partial charge in [0.25, 0.3) is 0 Å². The first kappa shape index (κ1) is 19.1. The molecule has 0 amide bonds. The SMILES string of the molecule is CCOc1cc(CNC(C)C(=O)O)ccc1OCc1ccccc1Cl. The maximum absolute atomic E-state index is 10.9. The number of carbonyl (C=O) groups is 1. The van der Waals surface area contributed by atoms with Crippen molar-refractivity contribution < 1.29 is 19.4 Å². The fourth-order valence-corrected chi connectivity index (χ4v) is 2.37.